The molecule has 0 saturated heterocycles. The minimum Gasteiger partial charge on any atom is -0.384 e. The van der Waals surface area contributed by atoms with Crippen molar-refractivity contribution in [2.24, 2.45) is 0 Å². The summed E-state index contributed by atoms with van der Waals surface area (Å²) in [6.07, 6.45) is 3.97. The average molecular weight is 249 g/mol. The van der Waals surface area contributed by atoms with E-state index in [4.69, 9.17) is 11.6 Å². The molecule has 0 aliphatic carbocycles. The Labute approximate surface area is 107 Å². The van der Waals surface area contributed by atoms with Crippen molar-refractivity contribution in [1.29, 1.82) is 0 Å². The molecular weight excluding hydrogens is 232 g/mol. The molecule has 1 N–H and O–H groups in total. The van der Waals surface area contributed by atoms with Gasteiger partial charge in [0.1, 0.15) is 0 Å². The number of anilines is 1. The molecule has 90 valence electrons. The summed E-state index contributed by atoms with van der Waals surface area (Å²) < 4.78 is 0. The molecule has 0 aliphatic rings. The topological polar surface area (TPSA) is 24.9 Å². The Hall–Kier alpha value is -1.28. The number of hydrogen-bond donors (Lipinski definition) is 1. The van der Waals surface area contributed by atoms with Crippen molar-refractivity contribution in [1.82, 2.24) is 4.98 Å². The van der Waals surface area contributed by atoms with Gasteiger partial charge in [0, 0.05) is 29.2 Å². The second kappa shape index (κ2) is 5.87. The minimum absolute atomic E-state index is 0.256. The predicted molar refractivity (Wildman–Crippen MR) is 74.8 cm³/mol. The highest BCUT2D eigenvalue weighted by atomic mass is 35.5. The first-order valence-corrected chi connectivity index (χ1v) is 6.42. The molecule has 17 heavy (non-hydrogen) atoms. The summed E-state index contributed by atoms with van der Waals surface area (Å²) in [4.78, 5) is 4.34. The van der Waals surface area contributed by atoms with Gasteiger partial charge in [-0.1, -0.05) is 18.2 Å². The molecule has 0 aliphatic heterocycles. The second-order valence-corrected chi connectivity index (χ2v) is 4.97. The Bertz CT molecular complexity index is 477. The zero-order chi connectivity index (χ0) is 12.1. The number of para-hydroxylation sites is 1. The molecule has 0 radical (unpaired) electrons. The zero-order valence-electron chi connectivity index (χ0n) is 9.99. The van der Waals surface area contributed by atoms with Gasteiger partial charge in [-0.15, -0.1) is 11.6 Å². The normalized spacial score (nSPS) is 12.6. The highest BCUT2D eigenvalue weighted by molar-refractivity contribution is 6.20. The van der Waals surface area contributed by atoms with Gasteiger partial charge >= 0.3 is 0 Å². The lowest BCUT2D eigenvalue weighted by Crippen LogP contribution is -2.04. The summed E-state index contributed by atoms with van der Waals surface area (Å²) in [5, 5.41) is 4.87. The zero-order valence-corrected chi connectivity index (χ0v) is 10.7. The van der Waals surface area contributed by atoms with Crippen LogP contribution in [0.5, 0.6) is 0 Å². The van der Waals surface area contributed by atoms with Crippen LogP contribution in [0.4, 0.5) is 5.69 Å². The van der Waals surface area contributed by atoms with E-state index in [1.807, 2.05) is 37.4 Å². The molecular formula is C14H17ClN2. The molecule has 1 unspecified atom stereocenters. The second-order valence-electron chi connectivity index (χ2n) is 4.23. The molecule has 0 bridgehead atoms. The van der Waals surface area contributed by atoms with Crippen LogP contribution < -0.4 is 5.32 Å². The van der Waals surface area contributed by atoms with E-state index in [1.54, 1.807) is 0 Å². The summed E-state index contributed by atoms with van der Waals surface area (Å²) in [6.45, 7) is 2.98. The number of fused-ring (bicyclic) bond motifs is 1. The van der Waals surface area contributed by atoms with Crippen LogP contribution >= 0.6 is 11.6 Å². The third-order valence-electron chi connectivity index (χ3n) is 2.74. The molecule has 1 aromatic heterocycles. The quantitative estimate of drug-likeness (QED) is 0.638. The highest BCUT2D eigenvalue weighted by Crippen LogP contribution is 2.20. The lowest BCUT2D eigenvalue weighted by atomic mass is 10.2. The summed E-state index contributed by atoms with van der Waals surface area (Å²) in [5.74, 6) is 0. The van der Waals surface area contributed by atoms with Crippen LogP contribution in [-0.4, -0.2) is 16.9 Å². The maximum Gasteiger partial charge on any atom is 0.0722 e. The molecule has 2 rings (SSSR count). The Balaban J connectivity index is 2.03. The van der Waals surface area contributed by atoms with Crippen LogP contribution in [-0.2, 0) is 0 Å². The van der Waals surface area contributed by atoms with Crippen molar-refractivity contribution >= 4 is 28.2 Å². The van der Waals surface area contributed by atoms with Crippen molar-refractivity contribution in [2.75, 3.05) is 11.9 Å². The highest BCUT2D eigenvalue weighted by Gasteiger charge is 2.00. The molecule has 0 fully saturated rings. The smallest absolute Gasteiger partial charge is 0.0722 e. The Kier molecular flexibility index (Phi) is 4.21. The molecule has 1 aromatic carbocycles. The fourth-order valence-electron chi connectivity index (χ4n) is 1.86. The lowest BCUT2D eigenvalue weighted by Gasteiger charge is -2.09. The van der Waals surface area contributed by atoms with Gasteiger partial charge in [0.2, 0.25) is 0 Å². The monoisotopic (exact) mass is 248 g/mol. The van der Waals surface area contributed by atoms with E-state index in [0.717, 1.165) is 30.6 Å². The van der Waals surface area contributed by atoms with E-state index in [9.17, 15) is 0 Å². The SMILES string of the molecule is CC(Cl)CCCNc1ccnc2ccccc12. The number of alkyl halides is 1. The minimum atomic E-state index is 0.256. The standard InChI is InChI=1S/C14H17ClN2/c1-11(15)5-4-9-16-14-8-10-17-13-7-3-2-6-12(13)14/h2-3,6-8,10-11H,4-5,9H2,1H3,(H,16,17). The van der Waals surface area contributed by atoms with Crippen molar-refractivity contribution < 1.29 is 0 Å². The van der Waals surface area contributed by atoms with Crippen LogP contribution in [0.1, 0.15) is 19.8 Å². The van der Waals surface area contributed by atoms with Crippen molar-refractivity contribution in [3.63, 3.8) is 0 Å². The molecule has 1 atom stereocenters. The number of hydrogen-bond acceptors (Lipinski definition) is 2. The first kappa shape index (κ1) is 12.2. The first-order valence-electron chi connectivity index (χ1n) is 5.99. The van der Waals surface area contributed by atoms with E-state index in [0.29, 0.717) is 0 Å². The van der Waals surface area contributed by atoms with Crippen LogP contribution in [0.25, 0.3) is 10.9 Å². The lowest BCUT2D eigenvalue weighted by molar-refractivity contribution is 0.751. The first-order chi connectivity index (χ1) is 8.27. The number of benzene rings is 1. The number of pyridine rings is 1. The fourth-order valence-corrected chi connectivity index (χ4v) is 2.01. The van der Waals surface area contributed by atoms with Crippen molar-refractivity contribution in [3.05, 3.63) is 36.5 Å². The fraction of sp³-hybridized carbons (Fsp3) is 0.357. The van der Waals surface area contributed by atoms with Gasteiger partial charge in [-0.25, -0.2) is 0 Å². The summed E-state index contributed by atoms with van der Waals surface area (Å²) >= 11 is 5.92. The van der Waals surface area contributed by atoms with Crippen LogP contribution in [0.3, 0.4) is 0 Å². The predicted octanol–water partition coefficient (Wildman–Crippen LogP) is 4.05. The van der Waals surface area contributed by atoms with Gasteiger partial charge in [0.25, 0.3) is 0 Å². The molecule has 3 heteroatoms. The molecule has 0 amide bonds. The van der Waals surface area contributed by atoms with Gasteiger partial charge in [-0.05, 0) is 31.9 Å². The molecule has 2 nitrogen and oxygen atoms in total. The van der Waals surface area contributed by atoms with Crippen molar-refractivity contribution in [3.8, 4) is 0 Å². The van der Waals surface area contributed by atoms with E-state index in [-0.39, 0.29) is 5.38 Å². The Morgan fingerprint density at radius 2 is 2.12 bits per heavy atom. The molecule has 2 aromatic rings. The third-order valence-corrected chi connectivity index (χ3v) is 2.96. The molecule has 0 saturated carbocycles. The summed E-state index contributed by atoms with van der Waals surface area (Å²) in [6, 6.07) is 10.2. The van der Waals surface area contributed by atoms with Crippen LogP contribution in [0.15, 0.2) is 36.5 Å². The van der Waals surface area contributed by atoms with E-state index in [1.165, 1.54) is 5.39 Å². The average Bonchev–Trinajstić information content (AvgIpc) is 2.34. The number of halogens is 1. The molecule has 0 spiro atoms. The van der Waals surface area contributed by atoms with Gasteiger partial charge in [-0.3, -0.25) is 4.98 Å². The van der Waals surface area contributed by atoms with Crippen LogP contribution in [0, 0.1) is 0 Å². The third kappa shape index (κ3) is 3.34. The molecule has 1 heterocycles. The van der Waals surface area contributed by atoms with Gasteiger partial charge in [-0.2, -0.15) is 0 Å². The maximum atomic E-state index is 5.92. The number of nitrogens with one attached hydrogen (secondary N) is 1. The Morgan fingerprint density at radius 1 is 1.29 bits per heavy atom. The number of rotatable bonds is 5. The van der Waals surface area contributed by atoms with Gasteiger partial charge < -0.3 is 5.32 Å². The van der Waals surface area contributed by atoms with E-state index >= 15 is 0 Å². The van der Waals surface area contributed by atoms with Crippen LogP contribution in [0.2, 0.25) is 0 Å². The summed E-state index contributed by atoms with van der Waals surface area (Å²) in [7, 11) is 0. The van der Waals surface area contributed by atoms with Crippen molar-refractivity contribution in [2.45, 2.75) is 25.1 Å². The van der Waals surface area contributed by atoms with E-state index in [2.05, 4.69) is 16.4 Å². The van der Waals surface area contributed by atoms with E-state index < -0.39 is 0 Å². The number of nitrogens with zero attached hydrogens (tertiary/aromatic N) is 1. The van der Waals surface area contributed by atoms with Gasteiger partial charge in [0.05, 0.1) is 5.52 Å². The largest absolute Gasteiger partial charge is 0.384 e. The Morgan fingerprint density at radius 3 is 2.94 bits per heavy atom. The van der Waals surface area contributed by atoms with Gasteiger partial charge in [0.15, 0.2) is 0 Å². The maximum absolute atomic E-state index is 5.92. The number of aromatic nitrogens is 1. The summed E-state index contributed by atoms with van der Waals surface area (Å²) in [5.41, 5.74) is 2.18.